The van der Waals surface area contributed by atoms with Crippen molar-refractivity contribution in [3.05, 3.63) is 0 Å². The SMILES string of the molecule is CCCOC1CCCC1NNC(=O)OC(C)(C)C. The van der Waals surface area contributed by atoms with E-state index < -0.39 is 11.7 Å². The van der Waals surface area contributed by atoms with Gasteiger partial charge in [-0.15, -0.1) is 0 Å². The maximum atomic E-state index is 11.5. The van der Waals surface area contributed by atoms with Crippen molar-refractivity contribution in [2.24, 2.45) is 0 Å². The summed E-state index contributed by atoms with van der Waals surface area (Å²) in [5.74, 6) is 0. The van der Waals surface area contributed by atoms with Gasteiger partial charge in [0, 0.05) is 6.61 Å². The predicted octanol–water partition coefficient (Wildman–Crippen LogP) is 2.36. The molecule has 1 aliphatic carbocycles. The van der Waals surface area contributed by atoms with E-state index in [0.29, 0.717) is 0 Å². The molecule has 106 valence electrons. The van der Waals surface area contributed by atoms with Gasteiger partial charge in [-0.1, -0.05) is 6.92 Å². The fourth-order valence-electron chi connectivity index (χ4n) is 2.02. The molecule has 0 spiro atoms. The monoisotopic (exact) mass is 258 g/mol. The molecule has 0 aromatic heterocycles. The second-order valence-electron chi connectivity index (χ2n) is 5.72. The molecule has 5 heteroatoms. The summed E-state index contributed by atoms with van der Waals surface area (Å²) >= 11 is 0. The van der Waals surface area contributed by atoms with Crippen LogP contribution in [0.1, 0.15) is 53.4 Å². The molecule has 2 atom stereocenters. The minimum absolute atomic E-state index is 0.184. The lowest BCUT2D eigenvalue weighted by Crippen LogP contribution is -2.49. The summed E-state index contributed by atoms with van der Waals surface area (Å²) in [4.78, 5) is 11.5. The van der Waals surface area contributed by atoms with Crippen molar-refractivity contribution in [2.75, 3.05) is 6.61 Å². The van der Waals surface area contributed by atoms with E-state index in [0.717, 1.165) is 32.3 Å². The van der Waals surface area contributed by atoms with Gasteiger partial charge < -0.3 is 9.47 Å². The second-order valence-corrected chi connectivity index (χ2v) is 5.72. The van der Waals surface area contributed by atoms with E-state index in [2.05, 4.69) is 17.8 Å². The highest BCUT2D eigenvalue weighted by Crippen LogP contribution is 2.21. The Balaban J connectivity index is 2.27. The van der Waals surface area contributed by atoms with Gasteiger partial charge in [-0.05, 0) is 46.5 Å². The summed E-state index contributed by atoms with van der Waals surface area (Å²) in [6, 6.07) is 0.184. The number of amides is 1. The van der Waals surface area contributed by atoms with Crippen LogP contribution in [0, 0.1) is 0 Å². The van der Waals surface area contributed by atoms with Crippen LogP contribution >= 0.6 is 0 Å². The van der Waals surface area contributed by atoms with Gasteiger partial charge in [-0.25, -0.2) is 10.2 Å². The van der Waals surface area contributed by atoms with Gasteiger partial charge in [0.1, 0.15) is 5.60 Å². The van der Waals surface area contributed by atoms with Crippen molar-refractivity contribution in [2.45, 2.75) is 71.1 Å². The van der Waals surface area contributed by atoms with Crippen molar-refractivity contribution < 1.29 is 14.3 Å². The molecule has 0 radical (unpaired) electrons. The van der Waals surface area contributed by atoms with Crippen LogP contribution in [-0.4, -0.2) is 30.4 Å². The summed E-state index contributed by atoms with van der Waals surface area (Å²) in [6.07, 6.45) is 3.96. The third-order valence-electron chi connectivity index (χ3n) is 2.75. The Kier molecular flexibility index (Phi) is 5.88. The highest BCUT2D eigenvalue weighted by atomic mass is 16.6. The molecule has 2 N–H and O–H groups in total. The molecule has 5 nitrogen and oxygen atoms in total. The molecule has 2 unspecified atom stereocenters. The van der Waals surface area contributed by atoms with Crippen LogP contribution in [-0.2, 0) is 9.47 Å². The Bertz CT molecular complexity index is 263. The van der Waals surface area contributed by atoms with Crippen molar-refractivity contribution >= 4 is 6.09 Å². The van der Waals surface area contributed by atoms with Crippen LogP contribution in [0.4, 0.5) is 4.79 Å². The molecule has 0 bridgehead atoms. The summed E-state index contributed by atoms with van der Waals surface area (Å²) in [6.45, 7) is 8.39. The molecular weight excluding hydrogens is 232 g/mol. The minimum atomic E-state index is -0.473. The van der Waals surface area contributed by atoms with Crippen LogP contribution in [0.5, 0.6) is 0 Å². The van der Waals surface area contributed by atoms with Crippen molar-refractivity contribution in [1.29, 1.82) is 0 Å². The highest BCUT2D eigenvalue weighted by molar-refractivity contribution is 5.67. The van der Waals surface area contributed by atoms with Gasteiger partial charge in [0.15, 0.2) is 0 Å². The standard InChI is InChI=1S/C13H26N2O3/c1-5-9-17-11-8-6-7-10(11)14-15-12(16)18-13(2,3)4/h10-11,14H,5-9H2,1-4H3,(H,15,16). The molecule has 0 aromatic carbocycles. The fraction of sp³-hybridized carbons (Fsp3) is 0.923. The van der Waals surface area contributed by atoms with Gasteiger partial charge in [0.25, 0.3) is 0 Å². The lowest BCUT2D eigenvalue weighted by Gasteiger charge is -2.24. The quantitative estimate of drug-likeness (QED) is 0.743. The summed E-state index contributed by atoms with van der Waals surface area (Å²) in [7, 11) is 0. The number of rotatable bonds is 5. The summed E-state index contributed by atoms with van der Waals surface area (Å²) in [5, 5.41) is 0. The number of hydrazine groups is 1. The molecule has 1 rings (SSSR count). The third kappa shape index (κ3) is 5.69. The van der Waals surface area contributed by atoms with E-state index in [-0.39, 0.29) is 12.1 Å². The molecular formula is C13H26N2O3. The van der Waals surface area contributed by atoms with E-state index in [1.54, 1.807) is 0 Å². The Morgan fingerprint density at radius 1 is 1.33 bits per heavy atom. The first kappa shape index (κ1) is 15.2. The number of ether oxygens (including phenoxy) is 2. The first-order valence-electron chi connectivity index (χ1n) is 6.78. The van der Waals surface area contributed by atoms with Crippen LogP contribution in [0.25, 0.3) is 0 Å². The lowest BCUT2D eigenvalue weighted by molar-refractivity contribution is 0.0283. The molecule has 1 amide bonds. The molecule has 1 saturated carbocycles. The second kappa shape index (κ2) is 6.95. The van der Waals surface area contributed by atoms with E-state index >= 15 is 0 Å². The van der Waals surface area contributed by atoms with Crippen LogP contribution in [0.2, 0.25) is 0 Å². The van der Waals surface area contributed by atoms with Gasteiger partial charge in [0.2, 0.25) is 0 Å². The van der Waals surface area contributed by atoms with E-state index in [1.807, 2.05) is 20.8 Å². The van der Waals surface area contributed by atoms with Gasteiger partial charge in [-0.2, -0.15) is 0 Å². The molecule has 0 heterocycles. The highest BCUT2D eigenvalue weighted by Gasteiger charge is 2.28. The Morgan fingerprint density at radius 2 is 2.06 bits per heavy atom. The molecule has 18 heavy (non-hydrogen) atoms. The molecule has 0 aliphatic heterocycles. The lowest BCUT2D eigenvalue weighted by atomic mass is 10.2. The predicted molar refractivity (Wildman–Crippen MR) is 70.2 cm³/mol. The molecule has 0 aromatic rings. The zero-order chi connectivity index (χ0) is 13.6. The molecule has 1 aliphatic rings. The smallest absolute Gasteiger partial charge is 0.422 e. The number of carbonyl (C=O) groups is 1. The van der Waals surface area contributed by atoms with Gasteiger partial charge in [-0.3, -0.25) is 5.43 Å². The number of hydrogen-bond acceptors (Lipinski definition) is 4. The van der Waals surface area contributed by atoms with Gasteiger partial charge >= 0.3 is 6.09 Å². The van der Waals surface area contributed by atoms with E-state index in [1.165, 1.54) is 0 Å². The van der Waals surface area contributed by atoms with Gasteiger partial charge in [0.05, 0.1) is 12.1 Å². The number of carbonyl (C=O) groups excluding carboxylic acids is 1. The minimum Gasteiger partial charge on any atom is -0.443 e. The Hall–Kier alpha value is -0.810. The summed E-state index contributed by atoms with van der Waals surface area (Å²) in [5.41, 5.74) is 5.14. The van der Waals surface area contributed by atoms with Crippen LogP contribution in [0.15, 0.2) is 0 Å². The first-order valence-corrected chi connectivity index (χ1v) is 6.78. The zero-order valence-electron chi connectivity index (χ0n) is 11.9. The van der Waals surface area contributed by atoms with Crippen LogP contribution < -0.4 is 10.9 Å². The average Bonchev–Trinajstić information content (AvgIpc) is 2.68. The third-order valence-corrected chi connectivity index (χ3v) is 2.75. The fourth-order valence-corrected chi connectivity index (χ4v) is 2.02. The largest absolute Gasteiger partial charge is 0.443 e. The average molecular weight is 258 g/mol. The maximum Gasteiger partial charge on any atom is 0.422 e. The first-order chi connectivity index (χ1) is 8.42. The Labute approximate surface area is 110 Å². The van der Waals surface area contributed by atoms with Crippen molar-refractivity contribution in [3.63, 3.8) is 0 Å². The van der Waals surface area contributed by atoms with Crippen molar-refractivity contribution in [1.82, 2.24) is 10.9 Å². The van der Waals surface area contributed by atoms with E-state index in [4.69, 9.17) is 9.47 Å². The van der Waals surface area contributed by atoms with E-state index in [9.17, 15) is 4.79 Å². The molecule has 0 saturated heterocycles. The topological polar surface area (TPSA) is 59.6 Å². The van der Waals surface area contributed by atoms with Crippen LogP contribution in [0.3, 0.4) is 0 Å². The van der Waals surface area contributed by atoms with Crippen molar-refractivity contribution in [3.8, 4) is 0 Å². The maximum absolute atomic E-state index is 11.5. The number of nitrogens with one attached hydrogen (secondary N) is 2. The number of hydrogen-bond donors (Lipinski definition) is 2. The zero-order valence-corrected chi connectivity index (χ0v) is 11.9. The Morgan fingerprint density at radius 3 is 2.67 bits per heavy atom. The summed E-state index contributed by atoms with van der Waals surface area (Å²) < 4.78 is 10.9. The normalized spacial score (nSPS) is 24.0. The molecule has 1 fully saturated rings.